The largest absolute Gasteiger partial charge is 0.401 e. The van der Waals surface area contributed by atoms with Crippen molar-refractivity contribution in [2.45, 2.75) is 25.9 Å². The van der Waals surface area contributed by atoms with Crippen molar-refractivity contribution >= 4 is 35.6 Å². The smallest absolute Gasteiger partial charge is 0.356 e. The molecular weight excluding hydrogens is 456 g/mol. The van der Waals surface area contributed by atoms with Crippen LogP contribution in [-0.4, -0.2) is 56.3 Å². The lowest BCUT2D eigenvalue weighted by atomic mass is 10.1. The molecule has 1 fully saturated rings. The van der Waals surface area contributed by atoms with Crippen LogP contribution in [0.5, 0.6) is 0 Å². The van der Waals surface area contributed by atoms with Crippen molar-refractivity contribution in [2.24, 2.45) is 10.9 Å². The van der Waals surface area contributed by atoms with E-state index >= 15 is 0 Å². The number of hydrogen-bond donors (Lipinski definition) is 1. The number of halogens is 4. The number of para-hydroxylation sites is 1. The van der Waals surface area contributed by atoms with Gasteiger partial charge >= 0.3 is 6.18 Å². The SMILES string of the molecule is CCNC(=NCC1CCN(CC(F)(F)F)C1)N1CCc2ccccc21.I. The first-order valence-corrected chi connectivity index (χ1v) is 8.89. The molecule has 0 radical (unpaired) electrons. The van der Waals surface area contributed by atoms with Crippen molar-refractivity contribution in [3.8, 4) is 0 Å². The molecule has 0 amide bonds. The monoisotopic (exact) mass is 482 g/mol. The highest BCUT2D eigenvalue weighted by molar-refractivity contribution is 14.0. The third-order valence-corrected chi connectivity index (χ3v) is 4.75. The Labute approximate surface area is 169 Å². The van der Waals surface area contributed by atoms with E-state index in [1.807, 2.05) is 19.1 Å². The lowest BCUT2D eigenvalue weighted by Gasteiger charge is -2.23. The van der Waals surface area contributed by atoms with Gasteiger partial charge in [0.05, 0.1) is 6.54 Å². The van der Waals surface area contributed by atoms with Crippen LogP contribution in [0.2, 0.25) is 0 Å². The fraction of sp³-hybridized carbons (Fsp3) is 0.611. The molecule has 1 atom stereocenters. The predicted octanol–water partition coefficient (Wildman–Crippen LogP) is 3.52. The van der Waals surface area contributed by atoms with Crippen molar-refractivity contribution in [3.63, 3.8) is 0 Å². The number of nitrogens with one attached hydrogen (secondary N) is 1. The van der Waals surface area contributed by atoms with Crippen molar-refractivity contribution in [3.05, 3.63) is 29.8 Å². The number of fused-ring (bicyclic) bond motifs is 1. The zero-order valence-electron chi connectivity index (χ0n) is 14.9. The molecule has 0 saturated carbocycles. The molecule has 3 rings (SSSR count). The maximum Gasteiger partial charge on any atom is 0.401 e. The summed E-state index contributed by atoms with van der Waals surface area (Å²) in [6.07, 6.45) is -2.36. The maximum absolute atomic E-state index is 12.5. The normalized spacial score (nSPS) is 20.8. The van der Waals surface area contributed by atoms with Gasteiger partial charge in [0, 0.05) is 31.9 Å². The minimum absolute atomic E-state index is 0. The number of anilines is 1. The number of aliphatic imine (C=N–C) groups is 1. The molecule has 1 unspecified atom stereocenters. The predicted molar refractivity (Wildman–Crippen MR) is 109 cm³/mol. The van der Waals surface area contributed by atoms with Crippen molar-refractivity contribution in [1.82, 2.24) is 10.2 Å². The van der Waals surface area contributed by atoms with Gasteiger partial charge in [0.2, 0.25) is 0 Å². The van der Waals surface area contributed by atoms with Crippen LogP contribution >= 0.6 is 24.0 Å². The number of rotatable bonds is 4. The van der Waals surface area contributed by atoms with Gasteiger partial charge in [-0.2, -0.15) is 13.2 Å². The van der Waals surface area contributed by atoms with Crippen LogP contribution in [0.3, 0.4) is 0 Å². The molecule has 4 nitrogen and oxygen atoms in total. The lowest BCUT2D eigenvalue weighted by molar-refractivity contribution is -0.143. The van der Waals surface area contributed by atoms with Crippen LogP contribution in [0.25, 0.3) is 0 Å². The van der Waals surface area contributed by atoms with E-state index in [0.717, 1.165) is 31.9 Å². The Morgan fingerprint density at radius 1 is 1.27 bits per heavy atom. The average molecular weight is 482 g/mol. The third kappa shape index (κ3) is 5.48. The van der Waals surface area contributed by atoms with Gasteiger partial charge in [-0.1, -0.05) is 18.2 Å². The molecule has 1 saturated heterocycles. The van der Waals surface area contributed by atoms with Crippen LogP contribution in [0.15, 0.2) is 29.3 Å². The Morgan fingerprint density at radius 2 is 2.04 bits per heavy atom. The van der Waals surface area contributed by atoms with Crippen molar-refractivity contribution < 1.29 is 13.2 Å². The van der Waals surface area contributed by atoms with Gasteiger partial charge in [-0.3, -0.25) is 9.89 Å². The van der Waals surface area contributed by atoms with Crippen LogP contribution < -0.4 is 10.2 Å². The van der Waals surface area contributed by atoms with E-state index in [2.05, 4.69) is 22.3 Å². The number of guanidine groups is 1. The Balaban J connectivity index is 0.00000243. The Morgan fingerprint density at radius 3 is 2.77 bits per heavy atom. The van der Waals surface area contributed by atoms with Crippen molar-refractivity contribution in [1.29, 1.82) is 0 Å². The minimum Gasteiger partial charge on any atom is -0.356 e. The molecule has 0 aliphatic carbocycles. The van der Waals surface area contributed by atoms with Crippen LogP contribution in [0.4, 0.5) is 18.9 Å². The van der Waals surface area contributed by atoms with E-state index < -0.39 is 12.7 Å². The second kappa shape index (κ2) is 9.25. The average Bonchev–Trinajstić information content (AvgIpc) is 3.17. The molecule has 0 aromatic heterocycles. The van der Waals surface area contributed by atoms with Gasteiger partial charge in [-0.05, 0) is 43.9 Å². The summed E-state index contributed by atoms with van der Waals surface area (Å²) in [6.45, 7) is 4.40. The molecule has 26 heavy (non-hydrogen) atoms. The minimum atomic E-state index is -4.12. The molecule has 146 valence electrons. The second-order valence-corrected chi connectivity index (χ2v) is 6.73. The van der Waals surface area contributed by atoms with Crippen molar-refractivity contribution in [2.75, 3.05) is 44.2 Å². The molecule has 1 aromatic carbocycles. The number of hydrogen-bond acceptors (Lipinski definition) is 2. The van der Waals surface area contributed by atoms with Gasteiger partial charge in [0.1, 0.15) is 0 Å². The zero-order valence-corrected chi connectivity index (χ0v) is 17.3. The number of benzene rings is 1. The maximum atomic E-state index is 12.5. The number of alkyl halides is 3. The Kier molecular flexibility index (Phi) is 7.57. The van der Waals surface area contributed by atoms with Gasteiger partial charge in [0.25, 0.3) is 0 Å². The summed E-state index contributed by atoms with van der Waals surface area (Å²) in [5, 5.41) is 3.32. The molecule has 2 aliphatic rings. The first-order valence-electron chi connectivity index (χ1n) is 8.89. The topological polar surface area (TPSA) is 30.9 Å². The molecule has 2 heterocycles. The summed E-state index contributed by atoms with van der Waals surface area (Å²) >= 11 is 0. The van der Waals surface area contributed by atoms with E-state index in [0.29, 0.717) is 19.6 Å². The van der Waals surface area contributed by atoms with Crippen LogP contribution in [0.1, 0.15) is 18.9 Å². The summed E-state index contributed by atoms with van der Waals surface area (Å²) in [5.74, 6) is 1.02. The summed E-state index contributed by atoms with van der Waals surface area (Å²) in [4.78, 5) is 8.40. The highest BCUT2D eigenvalue weighted by Crippen LogP contribution is 2.28. The fourth-order valence-electron chi connectivity index (χ4n) is 3.63. The van der Waals surface area contributed by atoms with Gasteiger partial charge in [-0.15, -0.1) is 24.0 Å². The van der Waals surface area contributed by atoms with Gasteiger partial charge in [-0.25, -0.2) is 0 Å². The summed E-state index contributed by atoms with van der Waals surface area (Å²) in [7, 11) is 0. The molecule has 1 aromatic rings. The standard InChI is InChI=1S/C18H25F3N4.HI/c1-2-22-17(25-10-8-15-5-3-4-6-16(15)25)23-11-14-7-9-24(12-14)13-18(19,20)21;/h3-6,14H,2,7-13H2,1H3,(H,22,23);1H. The second-order valence-electron chi connectivity index (χ2n) is 6.73. The third-order valence-electron chi connectivity index (χ3n) is 4.75. The molecule has 8 heteroatoms. The van der Waals surface area contributed by atoms with E-state index in [4.69, 9.17) is 4.99 Å². The molecule has 0 spiro atoms. The summed E-state index contributed by atoms with van der Waals surface area (Å²) in [5.41, 5.74) is 2.48. The molecular formula is C18H26F3IN4. The first-order chi connectivity index (χ1) is 12.0. The number of nitrogens with zero attached hydrogens (tertiary/aromatic N) is 3. The molecule has 1 N–H and O–H groups in total. The van der Waals surface area contributed by atoms with Crippen LogP contribution in [0, 0.1) is 5.92 Å². The van der Waals surface area contributed by atoms with E-state index in [-0.39, 0.29) is 29.9 Å². The molecule has 2 aliphatic heterocycles. The zero-order chi connectivity index (χ0) is 17.9. The highest BCUT2D eigenvalue weighted by Gasteiger charge is 2.34. The Hall–Kier alpha value is -1.03. The molecule has 0 bridgehead atoms. The number of likely N-dealkylation sites (tertiary alicyclic amines) is 1. The first kappa shape index (κ1) is 21.3. The Bertz CT molecular complexity index is 621. The summed E-state index contributed by atoms with van der Waals surface area (Å²) in [6, 6.07) is 8.29. The lowest BCUT2D eigenvalue weighted by Crippen LogP contribution is -2.41. The van der Waals surface area contributed by atoms with Gasteiger partial charge in [0.15, 0.2) is 5.96 Å². The quantitative estimate of drug-likeness (QED) is 0.405. The van der Waals surface area contributed by atoms with Crippen LogP contribution in [-0.2, 0) is 6.42 Å². The van der Waals surface area contributed by atoms with E-state index in [9.17, 15) is 13.2 Å². The van der Waals surface area contributed by atoms with E-state index in [1.165, 1.54) is 16.2 Å². The van der Waals surface area contributed by atoms with E-state index in [1.54, 1.807) is 0 Å². The summed E-state index contributed by atoms with van der Waals surface area (Å²) < 4.78 is 37.5. The van der Waals surface area contributed by atoms with Gasteiger partial charge < -0.3 is 10.2 Å². The fourth-order valence-corrected chi connectivity index (χ4v) is 3.63. The highest BCUT2D eigenvalue weighted by atomic mass is 127.